The van der Waals surface area contributed by atoms with E-state index in [1.165, 1.54) is 13.3 Å². The van der Waals surface area contributed by atoms with Crippen molar-refractivity contribution in [3.05, 3.63) is 11.2 Å². The fourth-order valence-corrected chi connectivity index (χ4v) is 1.79. The monoisotopic (exact) mass is 273 g/mol. The van der Waals surface area contributed by atoms with Crippen LogP contribution in [-0.2, 0) is 9.53 Å². The SMILES string of the molecule is COc1ncc(Cl)c(NC2(C(=O)O)CCOC2)n1. The van der Waals surface area contributed by atoms with Crippen LogP contribution in [-0.4, -0.2) is 46.9 Å². The van der Waals surface area contributed by atoms with Crippen LogP contribution in [0, 0.1) is 0 Å². The zero-order chi connectivity index (χ0) is 13.2. The molecule has 18 heavy (non-hydrogen) atoms. The number of aliphatic carboxylic acids is 1. The van der Waals surface area contributed by atoms with Crippen molar-refractivity contribution in [3.8, 4) is 6.01 Å². The number of methoxy groups -OCH3 is 1. The van der Waals surface area contributed by atoms with Crippen LogP contribution in [0.15, 0.2) is 6.20 Å². The maximum Gasteiger partial charge on any atom is 0.331 e. The summed E-state index contributed by atoms with van der Waals surface area (Å²) in [4.78, 5) is 19.1. The predicted molar refractivity (Wildman–Crippen MR) is 63.0 cm³/mol. The third kappa shape index (κ3) is 2.32. The van der Waals surface area contributed by atoms with Gasteiger partial charge in [0.1, 0.15) is 5.02 Å². The predicted octanol–water partition coefficient (Wildman–Crippen LogP) is 0.794. The molecule has 1 aromatic heterocycles. The second-order valence-electron chi connectivity index (χ2n) is 3.87. The van der Waals surface area contributed by atoms with Crippen molar-refractivity contribution in [1.82, 2.24) is 9.97 Å². The summed E-state index contributed by atoms with van der Waals surface area (Å²) >= 11 is 5.92. The maximum atomic E-state index is 11.3. The molecule has 98 valence electrons. The number of nitrogens with zero attached hydrogens (tertiary/aromatic N) is 2. The van der Waals surface area contributed by atoms with Crippen molar-refractivity contribution in [2.24, 2.45) is 0 Å². The van der Waals surface area contributed by atoms with E-state index in [0.29, 0.717) is 13.0 Å². The van der Waals surface area contributed by atoms with E-state index in [-0.39, 0.29) is 23.5 Å². The Morgan fingerprint density at radius 2 is 2.50 bits per heavy atom. The molecular weight excluding hydrogens is 262 g/mol. The van der Waals surface area contributed by atoms with E-state index in [0.717, 1.165) is 0 Å². The van der Waals surface area contributed by atoms with Gasteiger partial charge < -0.3 is 19.9 Å². The molecule has 0 aromatic carbocycles. The third-order valence-corrected chi connectivity index (χ3v) is 2.97. The van der Waals surface area contributed by atoms with Crippen LogP contribution >= 0.6 is 11.6 Å². The van der Waals surface area contributed by atoms with Gasteiger partial charge in [0.15, 0.2) is 11.4 Å². The summed E-state index contributed by atoms with van der Waals surface area (Å²) < 4.78 is 10.00. The van der Waals surface area contributed by atoms with Gasteiger partial charge in [-0.15, -0.1) is 0 Å². The first kappa shape index (κ1) is 12.8. The minimum absolute atomic E-state index is 0.0605. The molecule has 8 heteroatoms. The quantitative estimate of drug-likeness (QED) is 0.838. The number of carboxylic acids is 1. The second-order valence-corrected chi connectivity index (χ2v) is 4.28. The number of hydrogen-bond acceptors (Lipinski definition) is 6. The van der Waals surface area contributed by atoms with Crippen molar-refractivity contribution in [2.75, 3.05) is 25.6 Å². The van der Waals surface area contributed by atoms with Crippen molar-refractivity contribution < 1.29 is 19.4 Å². The number of ether oxygens (including phenoxy) is 2. The number of hydrogen-bond donors (Lipinski definition) is 2. The number of aromatic nitrogens is 2. The molecule has 0 saturated carbocycles. The zero-order valence-corrected chi connectivity index (χ0v) is 10.4. The molecule has 0 radical (unpaired) electrons. The fourth-order valence-electron chi connectivity index (χ4n) is 1.65. The highest BCUT2D eigenvalue weighted by Crippen LogP contribution is 2.28. The number of anilines is 1. The Kier molecular flexibility index (Phi) is 3.53. The molecule has 0 aliphatic carbocycles. The van der Waals surface area contributed by atoms with E-state index >= 15 is 0 Å². The van der Waals surface area contributed by atoms with Crippen LogP contribution in [0.2, 0.25) is 5.02 Å². The van der Waals surface area contributed by atoms with Gasteiger partial charge >= 0.3 is 12.0 Å². The van der Waals surface area contributed by atoms with Gasteiger partial charge in [-0.25, -0.2) is 9.78 Å². The van der Waals surface area contributed by atoms with Crippen LogP contribution in [0.4, 0.5) is 5.82 Å². The van der Waals surface area contributed by atoms with Crippen LogP contribution in [0.1, 0.15) is 6.42 Å². The zero-order valence-electron chi connectivity index (χ0n) is 9.64. The molecule has 2 N–H and O–H groups in total. The lowest BCUT2D eigenvalue weighted by Gasteiger charge is -2.24. The van der Waals surface area contributed by atoms with Crippen molar-refractivity contribution in [2.45, 2.75) is 12.0 Å². The minimum atomic E-state index is -1.21. The van der Waals surface area contributed by atoms with Gasteiger partial charge in [-0.3, -0.25) is 0 Å². The number of carbonyl (C=O) groups is 1. The molecule has 1 aliphatic rings. The van der Waals surface area contributed by atoms with Crippen molar-refractivity contribution >= 4 is 23.4 Å². The van der Waals surface area contributed by atoms with Gasteiger partial charge in [0.2, 0.25) is 0 Å². The maximum absolute atomic E-state index is 11.3. The lowest BCUT2D eigenvalue weighted by atomic mass is 9.99. The molecule has 2 heterocycles. The lowest BCUT2D eigenvalue weighted by molar-refractivity contribution is -0.142. The Bertz CT molecular complexity index is 462. The van der Waals surface area contributed by atoms with E-state index in [2.05, 4.69) is 15.3 Å². The molecule has 1 aromatic rings. The number of carboxylic acid groups (broad SMARTS) is 1. The van der Waals surface area contributed by atoms with Gasteiger partial charge in [-0.2, -0.15) is 4.98 Å². The molecule has 1 atom stereocenters. The number of rotatable bonds is 4. The third-order valence-electron chi connectivity index (χ3n) is 2.69. The van der Waals surface area contributed by atoms with E-state index in [9.17, 15) is 9.90 Å². The highest BCUT2D eigenvalue weighted by molar-refractivity contribution is 6.32. The topological polar surface area (TPSA) is 93.6 Å². The molecule has 0 amide bonds. The summed E-state index contributed by atoms with van der Waals surface area (Å²) in [6, 6.07) is 0.112. The molecule has 0 spiro atoms. The average Bonchev–Trinajstić information content (AvgIpc) is 2.82. The first-order chi connectivity index (χ1) is 8.57. The Morgan fingerprint density at radius 3 is 3.06 bits per heavy atom. The first-order valence-electron chi connectivity index (χ1n) is 5.23. The van der Waals surface area contributed by atoms with Gasteiger partial charge in [-0.1, -0.05) is 11.6 Å². The first-order valence-corrected chi connectivity index (χ1v) is 5.61. The van der Waals surface area contributed by atoms with Crippen molar-refractivity contribution in [3.63, 3.8) is 0 Å². The lowest BCUT2D eigenvalue weighted by Crippen LogP contribution is -2.47. The Balaban J connectivity index is 2.29. The molecule has 1 saturated heterocycles. The van der Waals surface area contributed by atoms with Crippen LogP contribution < -0.4 is 10.1 Å². The molecule has 1 aliphatic heterocycles. The van der Waals surface area contributed by atoms with E-state index < -0.39 is 11.5 Å². The van der Waals surface area contributed by atoms with Crippen molar-refractivity contribution in [1.29, 1.82) is 0 Å². The normalized spacial score (nSPS) is 22.8. The Labute approximate surface area is 108 Å². The highest BCUT2D eigenvalue weighted by Gasteiger charge is 2.43. The van der Waals surface area contributed by atoms with Crippen LogP contribution in [0.25, 0.3) is 0 Å². The summed E-state index contributed by atoms with van der Waals surface area (Å²) in [6.45, 7) is 0.435. The number of nitrogens with one attached hydrogen (secondary N) is 1. The molecule has 1 unspecified atom stereocenters. The van der Waals surface area contributed by atoms with Gasteiger partial charge in [0.25, 0.3) is 0 Å². The summed E-state index contributed by atoms with van der Waals surface area (Å²) in [5.41, 5.74) is -1.21. The van der Waals surface area contributed by atoms with Crippen LogP contribution in [0.5, 0.6) is 6.01 Å². The summed E-state index contributed by atoms with van der Waals surface area (Å²) in [5.74, 6) is -0.787. The van der Waals surface area contributed by atoms with E-state index in [4.69, 9.17) is 21.1 Å². The molecule has 1 fully saturated rings. The average molecular weight is 274 g/mol. The Morgan fingerprint density at radius 1 is 1.72 bits per heavy atom. The molecule has 2 rings (SSSR count). The van der Waals surface area contributed by atoms with Gasteiger partial charge in [0.05, 0.1) is 19.9 Å². The summed E-state index contributed by atoms with van der Waals surface area (Å²) in [5, 5.41) is 12.3. The summed E-state index contributed by atoms with van der Waals surface area (Å²) in [6.07, 6.45) is 1.69. The molecule has 7 nitrogen and oxygen atoms in total. The van der Waals surface area contributed by atoms with Gasteiger partial charge in [0, 0.05) is 13.0 Å². The smallest absolute Gasteiger partial charge is 0.331 e. The Hall–Kier alpha value is -1.60. The number of halogens is 1. The van der Waals surface area contributed by atoms with Crippen LogP contribution in [0.3, 0.4) is 0 Å². The van der Waals surface area contributed by atoms with Gasteiger partial charge in [-0.05, 0) is 0 Å². The van der Waals surface area contributed by atoms with E-state index in [1.54, 1.807) is 0 Å². The standard InChI is InChI=1S/C10H12ClN3O4/c1-17-9-12-4-6(11)7(13-9)14-10(8(15)16)2-3-18-5-10/h4H,2-3,5H2,1H3,(H,15,16)(H,12,13,14). The largest absolute Gasteiger partial charge is 0.479 e. The highest BCUT2D eigenvalue weighted by atomic mass is 35.5. The minimum Gasteiger partial charge on any atom is -0.479 e. The molecular formula is C10H12ClN3O4. The fraction of sp³-hybridized carbons (Fsp3) is 0.500. The molecule has 0 bridgehead atoms. The van der Waals surface area contributed by atoms with E-state index in [1.807, 2.05) is 0 Å². The second kappa shape index (κ2) is 4.95. The summed E-state index contributed by atoms with van der Waals surface area (Å²) in [7, 11) is 1.42.